The van der Waals surface area contributed by atoms with Gasteiger partial charge in [-0.15, -0.1) is 0 Å². The average Bonchev–Trinajstić information content (AvgIpc) is 3.16. The highest BCUT2D eigenvalue weighted by Crippen LogP contribution is 2.40. The Morgan fingerprint density at radius 3 is 2.45 bits per heavy atom. The number of halogens is 1. The summed E-state index contributed by atoms with van der Waals surface area (Å²) < 4.78 is 0.906. The molecule has 2 saturated carbocycles. The molecule has 0 N–H and O–H groups in total. The standard InChI is InChI=1S/C15H23BrN4/c1-19(2)15(7-4-8-15)10-20(3)13-9-12(16)17-14(18-13)11-5-6-11/h9,11H,4-8,10H2,1-3H3. The molecule has 0 amide bonds. The van der Waals surface area contributed by atoms with Gasteiger partial charge < -0.3 is 9.80 Å². The molecule has 0 aromatic carbocycles. The molecule has 1 heterocycles. The summed E-state index contributed by atoms with van der Waals surface area (Å²) in [5.74, 6) is 2.64. The fourth-order valence-corrected chi connectivity index (χ4v) is 3.38. The smallest absolute Gasteiger partial charge is 0.135 e. The van der Waals surface area contributed by atoms with Crippen molar-refractivity contribution in [2.24, 2.45) is 0 Å². The number of rotatable bonds is 5. The van der Waals surface area contributed by atoms with Crippen molar-refractivity contribution in [3.8, 4) is 0 Å². The molecule has 0 saturated heterocycles. The first kappa shape index (κ1) is 14.3. The summed E-state index contributed by atoms with van der Waals surface area (Å²) in [6, 6.07) is 2.04. The molecule has 5 heteroatoms. The Kier molecular flexibility index (Phi) is 3.75. The number of aromatic nitrogens is 2. The summed E-state index contributed by atoms with van der Waals surface area (Å²) >= 11 is 3.53. The Morgan fingerprint density at radius 1 is 1.25 bits per heavy atom. The molecule has 1 aromatic rings. The van der Waals surface area contributed by atoms with E-state index in [2.05, 4.69) is 51.9 Å². The molecular formula is C15H23BrN4. The largest absolute Gasteiger partial charge is 0.358 e. The minimum Gasteiger partial charge on any atom is -0.358 e. The van der Waals surface area contributed by atoms with Crippen LogP contribution in [0, 0.1) is 0 Å². The molecule has 2 aliphatic carbocycles. The van der Waals surface area contributed by atoms with Crippen molar-refractivity contribution < 1.29 is 0 Å². The van der Waals surface area contributed by atoms with Gasteiger partial charge in [-0.05, 0) is 62.1 Å². The molecule has 2 aliphatic rings. The lowest BCUT2D eigenvalue weighted by Crippen LogP contribution is -2.56. The van der Waals surface area contributed by atoms with Crippen molar-refractivity contribution in [1.29, 1.82) is 0 Å². The van der Waals surface area contributed by atoms with E-state index in [0.717, 1.165) is 22.8 Å². The number of anilines is 1. The van der Waals surface area contributed by atoms with Crippen molar-refractivity contribution in [2.75, 3.05) is 32.6 Å². The van der Waals surface area contributed by atoms with Gasteiger partial charge in [-0.1, -0.05) is 0 Å². The Morgan fingerprint density at radius 2 is 1.95 bits per heavy atom. The van der Waals surface area contributed by atoms with Crippen molar-refractivity contribution in [1.82, 2.24) is 14.9 Å². The van der Waals surface area contributed by atoms with Crippen LogP contribution in [0.4, 0.5) is 5.82 Å². The molecule has 110 valence electrons. The van der Waals surface area contributed by atoms with Crippen molar-refractivity contribution in [3.05, 3.63) is 16.5 Å². The molecule has 2 fully saturated rings. The van der Waals surface area contributed by atoms with Crippen LogP contribution in [-0.4, -0.2) is 48.1 Å². The van der Waals surface area contributed by atoms with Gasteiger partial charge in [-0.25, -0.2) is 9.97 Å². The number of hydrogen-bond acceptors (Lipinski definition) is 4. The van der Waals surface area contributed by atoms with E-state index < -0.39 is 0 Å². The molecule has 0 unspecified atom stereocenters. The summed E-state index contributed by atoms with van der Waals surface area (Å²) in [6.45, 7) is 1.04. The van der Waals surface area contributed by atoms with Crippen LogP contribution in [0.5, 0.6) is 0 Å². The summed E-state index contributed by atoms with van der Waals surface area (Å²) in [5, 5.41) is 0. The predicted octanol–water partition coefficient (Wildman–Crippen LogP) is 3.04. The Balaban J connectivity index is 1.78. The zero-order chi connectivity index (χ0) is 14.3. The maximum atomic E-state index is 4.76. The third-order valence-corrected chi connectivity index (χ3v) is 5.20. The van der Waals surface area contributed by atoms with Gasteiger partial charge >= 0.3 is 0 Å². The molecule has 3 rings (SSSR count). The highest BCUT2D eigenvalue weighted by Gasteiger charge is 2.40. The van der Waals surface area contributed by atoms with E-state index in [4.69, 9.17) is 4.98 Å². The lowest BCUT2D eigenvalue weighted by molar-refractivity contribution is 0.0681. The van der Waals surface area contributed by atoms with Gasteiger partial charge in [0.05, 0.1) is 0 Å². The highest BCUT2D eigenvalue weighted by molar-refractivity contribution is 9.10. The van der Waals surface area contributed by atoms with E-state index in [-0.39, 0.29) is 0 Å². The van der Waals surface area contributed by atoms with Crippen molar-refractivity contribution in [3.63, 3.8) is 0 Å². The van der Waals surface area contributed by atoms with Gasteiger partial charge in [0.15, 0.2) is 0 Å². The fraction of sp³-hybridized carbons (Fsp3) is 0.733. The highest BCUT2D eigenvalue weighted by atomic mass is 79.9. The lowest BCUT2D eigenvalue weighted by atomic mass is 9.75. The second kappa shape index (κ2) is 5.26. The fourth-order valence-electron chi connectivity index (χ4n) is 3.00. The van der Waals surface area contributed by atoms with Gasteiger partial charge in [0.2, 0.25) is 0 Å². The minimum absolute atomic E-state index is 0.325. The van der Waals surface area contributed by atoms with Crippen molar-refractivity contribution >= 4 is 21.7 Å². The third-order valence-electron chi connectivity index (χ3n) is 4.80. The van der Waals surface area contributed by atoms with E-state index in [1.165, 1.54) is 32.1 Å². The van der Waals surface area contributed by atoms with E-state index in [1.54, 1.807) is 0 Å². The first-order chi connectivity index (χ1) is 9.50. The van der Waals surface area contributed by atoms with Gasteiger partial charge in [0, 0.05) is 31.1 Å². The summed E-state index contributed by atoms with van der Waals surface area (Å²) in [7, 11) is 6.53. The van der Waals surface area contributed by atoms with E-state index in [1.807, 2.05) is 6.07 Å². The van der Waals surface area contributed by atoms with Gasteiger partial charge in [0.1, 0.15) is 16.2 Å². The van der Waals surface area contributed by atoms with Crippen LogP contribution in [0.25, 0.3) is 0 Å². The van der Waals surface area contributed by atoms with Gasteiger partial charge in [0.25, 0.3) is 0 Å². The minimum atomic E-state index is 0.325. The predicted molar refractivity (Wildman–Crippen MR) is 85.2 cm³/mol. The second-order valence-corrected chi connectivity index (χ2v) is 7.32. The molecule has 0 aliphatic heterocycles. The average molecular weight is 339 g/mol. The topological polar surface area (TPSA) is 32.3 Å². The van der Waals surface area contributed by atoms with Crippen LogP contribution in [0.15, 0.2) is 10.7 Å². The molecular weight excluding hydrogens is 316 g/mol. The van der Waals surface area contributed by atoms with E-state index >= 15 is 0 Å². The zero-order valence-corrected chi connectivity index (χ0v) is 14.2. The zero-order valence-electron chi connectivity index (χ0n) is 12.6. The molecule has 0 atom stereocenters. The van der Waals surface area contributed by atoms with E-state index in [0.29, 0.717) is 11.5 Å². The monoisotopic (exact) mass is 338 g/mol. The maximum absolute atomic E-state index is 4.76. The summed E-state index contributed by atoms with van der Waals surface area (Å²) in [4.78, 5) is 13.9. The summed E-state index contributed by atoms with van der Waals surface area (Å²) in [6.07, 6.45) is 6.38. The quantitative estimate of drug-likeness (QED) is 0.772. The molecule has 4 nitrogen and oxygen atoms in total. The Labute approximate surface area is 129 Å². The summed E-state index contributed by atoms with van der Waals surface area (Å²) in [5.41, 5.74) is 0.325. The Hall–Kier alpha value is -0.680. The second-order valence-electron chi connectivity index (χ2n) is 6.51. The normalized spacial score (nSPS) is 20.9. The van der Waals surface area contributed by atoms with Crippen molar-refractivity contribution in [2.45, 2.75) is 43.6 Å². The molecule has 0 spiro atoms. The SMILES string of the molecule is CN(CC1(N(C)C)CCC1)c1cc(Br)nc(C2CC2)n1. The van der Waals surface area contributed by atoms with Gasteiger partial charge in [-0.2, -0.15) is 0 Å². The lowest BCUT2D eigenvalue weighted by Gasteiger charge is -2.49. The van der Waals surface area contributed by atoms with E-state index in [9.17, 15) is 0 Å². The molecule has 0 radical (unpaired) electrons. The van der Waals surface area contributed by atoms with Crippen LogP contribution in [0.2, 0.25) is 0 Å². The third kappa shape index (κ3) is 2.70. The van der Waals surface area contributed by atoms with Crippen LogP contribution < -0.4 is 4.90 Å². The van der Waals surface area contributed by atoms with Crippen LogP contribution in [-0.2, 0) is 0 Å². The molecule has 20 heavy (non-hydrogen) atoms. The first-order valence-electron chi connectivity index (χ1n) is 7.43. The van der Waals surface area contributed by atoms with Crippen LogP contribution in [0.1, 0.15) is 43.8 Å². The van der Waals surface area contributed by atoms with Crippen LogP contribution >= 0.6 is 15.9 Å². The number of likely N-dealkylation sites (N-methyl/N-ethyl adjacent to an activating group) is 2. The van der Waals surface area contributed by atoms with Gasteiger partial charge in [-0.3, -0.25) is 0 Å². The number of nitrogens with zero attached hydrogens (tertiary/aromatic N) is 4. The molecule has 1 aromatic heterocycles. The Bertz CT molecular complexity index is 495. The molecule has 0 bridgehead atoms. The van der Waals surface area contributed by atoms with Crippen LogP contribution in [0.3, 0.4) is 0 Å². The maximum Gasteiger partial charge on any atom is 0.135 e. The number of hydrogen-bond donors (Lipinski definition) is 0. The first-order valence-corrected chi connectivity index (χ1v) is 8.22.